The molecule has 0 nitrogen and oxygen atoms in total. The van der Waals surface area contributed by atoms with Gasteiger partial charge in [-0.15, -0.1) is 17.8 Å². The number of terminal acetylenes is 1. The van der Waals surface area contributed by atoms with Crippen molar-refractivity contribution >= 4 is 39.0 Å². The predicted molar refractivity (Wildman–Crippen MR) is 62.1 cm³/mol. The van der Waals surface area contributed by atoms with E-state index in [4.69, 9.17) is 18.2 Å². The van der Waals surface area contributed by atoms with Crippen LogP contribution in [-0.2, 0) is 11.8 Å². The molecular weight excluding hydrogens is 211 g/mol. The third-order valence-corrected chi connectivity index (χ3v) is 13.3. The quantitative estimate of drug-likeness (QED) is 0.494. The van der Waals surface area contributed by atoms with Crippen LogP contribution in [0.5, 0.6) is 0 Å². The van der Waals surface area contributed by atoms with Crippen LogP contribution in [0.15, 0.2) is 0 Å². The van der Waals surface area contributed by atoms with Crippen molar-refractivity contribution in [3.63, 3.8) is 0 Å². The summed E-state index contributed by atoms with van der Waals surface area (Å²) in [6, 6.07) is 0. The molecule has 0 spiro atoms. The molecular formula is C7H11PS3. The lowest BCUT2D eigenvalue weighted by Gasteiger charge is -2.27. The second-order valence-electron chi connectivity index (χ2n) is 2.42. The molecule has 0 radical (unpaired) electrons. The molecule has 2 unspecified atom stereocenters. The molecule has 1 fully saturated rings. The van der Waals surface area contributed by atoms with Crippen LogP contribution in [0, 0.1) is 12.3 Å². The molecule has 11 heavy (non-hydrogen) atoms. The van der Waals surface area contributed by atoms with Crippen molar-refractivity contribution < 1.29 is 0 Å². The minimum Gasteiger partial charge on any atom is -0.119 e. The summed E-state index contributed by atoms with van der Waals surface area (Å²) in [6.45, 7) is 0. The van der Waals surface area contributed by atoms with Gasteiger partial charge in [-0.3, -0.25) is 0 Å². The van der Waals surface area contributed by atoms with E-state index in [1.165, 1.54) is 19.0 Å². The fraction of sp³-hybridized carbons (Fsp3) is 0.714. The van der Waals surface area contributed by atoms with Crippen molar-refractivity contribution in [2.75, 3.05) is 12.4 Å². The monoisotopic (exact) mass is 222 g/mol. The van der Waals surface area contributed by atoms with E-state index in [9.17, 15) is 0 Å². The van der Waals surface area contributed by atoms with Gasteiger partial charge >= 0.3 is 0 Å². The van der Waals surface area contributed by atoms with Crippen molar-refractivity contribution in [1.82, 2.24) is 0 Å². The van der Waals surface area contributed by atoms with Crippen LogP contribution < -0.4 is 0 Å². The van der Waals surface area contributed by atoms with E-state index in [-0.39, 0.29) is 0 Å². The molecule has 0 aromatic carbocycles. The molecule has 0 aromatic heterocycles. The Balaban J connectivity index is 2.61. The van der Waals surface area contributed by atoms with Crippen molar-refractivity contribution in [2.24, 2.45) is 0 Å². The summed E-state index contributed by atoms with van der Waals surface area (Å²) < 4.78 is -1.14. The van der Waals surface area contributed by atoms with Gasteiger partial charge in [-0.2, -0.15) is 0 Å². The average molecular weight is 222 g/mol. The fourth-order valence-corrected chi connectivity index (χ4v) is 9.27. The summed E-state index contributed by atoms with van der Waals surface area (Å²) in [6.07, 6.45) is 11.1. The van der Waals surface area contributed by atoms with Crippen LogP contribution in [0.1, 0.15) is 12.8 Å². The Morgan fingerprint density at radius 2 is 2.55 bits per heavy atom. The smallest absolute Gasteiger partial charge is 0.0711 e. The van der Waals surface area contributed by atoms with E-state index in [0.717, 1.165) is 0 Å². The fourth-order valence-electron chi connectivity index (χ4n) is 1.02. The zero-order valence-electron chi connectivity index (χ0n) is 6.45. The molecule has 0 N–H and O–H groups in total. The van der Waals surface area contributed by atoms with E-state index in [1.54, 1.807) is 0 Å². The highest BCUT2D eigenvalue weighted by Gasteiger charge is 2.25. The molecule has 0 amide bonds. The molecule has 1 aliphatic rings. The Morgan fingerprint density at radius 3 is 3.09 bits per heavy atom. The second-order valence-corrected chi connectivity index (χ2v) is 14.7. The maximum Gasteiger partial charge on any atom is 0.0711 e. The maximum atomic E-state index is 5.54. The maximum absolute atomic E-state index is 5.54. The minimum absolute atomic E-state index is 0.405. The third-order valence-electron chi connectivity index (χ3n) is 1.65. The first kappa shape index (κ1) is 9.99. The van der Waals surface area contributed by atoms with E-state index >= 15 is 0 Å². The normalized spacial score (nSPS) is 38.0. The van der Waals surface area contributed by atoms with E-state index < -0.39 is 4.44 Å². The van der Waals surface area contributed by atoms with Crippen LogP contribution >= 0.6 is 27.2 Å². The van der Waals surface area contributed by atoms with Crippen LogP contribution in [0.3, 0.4) is 0 Å². The Bertz CT molecular complexity index is 218. The lowest BCUT2D eigenvalue weighted by molar-refractivity contribution is 0.844. The summed E-state index contributed by atoms with van der Waals surface area (Å²) in [7, 11) is 0. The first-order valence-electron chi connectivity index (χ1n) is 3.49. The van der Waals surface area contributed by atoms with Gasteiger partial charge < -0.3 is 0 Å². The third kappa shape index (κ3) is 2.70. The Labute approximate surface area is 81.8 Å². The van der Waals surface area contributed by atoms with Gasteiger partial charge in [0, 0.05) is 0 Å². The molecule has 0 saturated carbocycles. The van der Waals surface area contributed by atoms with Crippen LogP contribution in [0.25, 0.3) is 0 Å². The molecule has 0 aliphatic carbocycles. The minimum atomic E-state index is -1.14. The van der Waals surface area contributed by atoms with Crippen LogP contribution in [0.2, 0.25) is 0 Å². The van der Waals surface area contributed by atoms with Crippen molar-refractivity contribution in [2.45, 2.75) is 18.1 Å². The molecule has 1 aliphatic heterocycles. The largest absolute Gasteiger partial charge is 0.119 e. The van der Waals surface area contributed by atoms with Crippen LogP contribution in [0.4, 0.5) is 0 Å². The van der Waals surface area contributed by atoms with Crippen molar-refractivity contribution in [1.29, 1.82) is 0 Å². The predicted octanol–water partition coefficient (Wildman–Crippen LogP) is 3.19. The molecule has 0 aromatic rings. The van der Waals surface area contributed by atoms with Gasteiger partial charge in [-0.05, 0) is 25.3 Å². The standard InChI is InChI=1S/C7H11PS3/c1-3-7-5-4-6-8(9,10-2)11-7/h1,7H,4-6H2,2H3. The first-order chi connectivity index (χ1) is 5.20. The summed E-state index contributed by atoms with van der Waals surface area (Å²) in [4.78, 5) is 0. The summed E-state index contributed by atoms with van der Waals surface area (Å²) in [5, 5.41) is 0.405. The zero-order chi connectivity index (χ0) is 8.32. The van der Waals surface area contributed by atoms with Gasteiger partial charge in [0.15, 0.2) is 0 Å². The topological polar surface area (TPSA) is 0 Å². The number of hydrogen-bond donors (Lipinski definition) is 0. The van der Waals surface area contributed by atoms with Gasteiger partial charge in [0.1, 0.15) is 0 Å². The van der Waals surface area contributed by atoms with E-state index in [1.807, 2.05) is 22.8 Å². The summed E-state index contributed by atoms with van der Waals surface area (Å²) in [5.41, 5.74) is 0. The van der Waals surface area contributed by atoms with Crippen LogP contribution in [-0.4, -0.2) is 17.7 Å². The zero-order valence-corrected chi connectivity index (χ0v) is 9.79. The van der Waals surface area contributed by atoms with Gasteiger partial charge in [0.25, 0.3) is 0 Å². The van der Waals surface area contributed by atoms with Crippen molar-refractivity contribution in [3.8, 4) is 12.3 Å². The molecule has 1 rings (SSSR count). The molecule has 1 heterocycles. The summed E-state index contributed by atoms with van der Waals surface area (Å²) >= 11 is 9.29. The van der Waals surface area contributed by atoms with E-state index in [0.29, 0.717) is 5.25 Å². The summed E-state index contributed by atoms with van der Waals surface area (Å²) in [5.74, 6) is 2.80. The lowest BCUT2D eigenvalue weighted by atomic mass is 10.2. The van der Waals surface area contributed by atoms with E-state index in [2.05, 4.69) is 12.2 Å². The highest BCUT2D eigenvalue weighted by Crippen LogP contribution is 2.72. The number of hydrogen-bond acceptors (Lipinski definition) is 3. The Hall–Kier alpha value is 0.910. The SMILES string of the molecule is C#CC1CCCP(=S)(SC)S1. The highest BCUT2D eigenvalue weighted by atomic mass is 33.2. The molecule has 4 heteroatoms. The van der Waals surface area contributed by atoms with Crippen molar-refractivity contribution in [3.05, 3.63) is 0 Å². The van der Waals surface area contributed by atoms with Gasteiger partial charge in [0.2, 0.25) is 0 Å². The second kappa shape index (κ2) is 4.23. The Kier molecular flexibility index (Phi) is 3.85. The number of rotatable bonds is 1. The molecule has 1 saturated heterocycles. The molecule has 2 atom stereocenters. The average Bonchev–Trinajstić information content (AvgIpc) is 2.05. The Morgan fingerprint density at radius 1 is 1.82 bits per heavy atom. The molecule has 62 valence electrons. The lowest BCUT2D eigenvalue weighted by Crippen LogP contribution is -2.05. The highest BCUT2D eigenvalue weighted by molar-refractivity contribution is 9.00. The molecule has 0 bridgehead atoms. The van der Waals surface area contributed by atoms with Gasteiger partial charge in [-0.25, -0.2) is 0 Å². The first-order valence-corrected chi connectivity index (χ1v) is 9.80. The van der Waals surface area contributed by atoms with Gasteiger partial charge in [-0.1, -0.05) is 29.1 Å². The van der Waals surface area contributed by atoms with Gasteiger partial charge in [0.05, 0.1) is 9.69 Å².